The van der Waals surface area contributed by atoms with Crippen LogP contribution in [0.25, 0.3) is 0 Å². The maximum absolute atomic E-state index is 9.38. The molecule has 2 heterocycles. The zero-order valence-electron chi connectivity index (χ0n) is 6.06. The van der Waals surface area contributed by atoms with Gasteiger partial charge in [0.05, 0.1) is 31.5 Å². The minimum atomic E-state index is -0.402. The van der Waals surface area contributed by atoms with Crippen LogP contribution < -0.4 is 0 Å². The van der Waals surface area contributed by atoms with E-state index in [1.54, 1.807) is 6.26 Å². The molecule has 0 spiro atoms. The van der Waals surface area contributed by atoms with Gasteiger partial charge >= 0.3 is 0 Å². The average molecular weight is 154 g/mol. The lowest BCUT2D eigenvalue weighted by atomic mass is 10.0. The second-order valence-electron chi connectivity index (χ2n) is 2.73. The molecule has 0 bridgehead atoms. The summed E-state index contributed by atoms with van der Waals surface area (Å²) in [5, 5.41) is 9.38. The lowest BCUT2D eigenvalue weighted by Crippen LogP contribution is -2.14. The van der Waals surface area contributed by atoms with E-state index in [0.717, 1.165) is 5.76 Å². The molecule has 0 radical (unpaired) electrons. The zero-order chi connectivity index (χ0) is 7.68. The van der Waals surface area contributed by atoms with Crippen molar-refractivity contribution in [3.8, 4) is 0 Å². The van der Waals surface area contributed by atoms with Crippen LogP contribution in [0.2, 0.25) is 0 Å². The van der Waals surface area contributed by atoms with Gasteiger partial charge in [-0.2, -0.15) is 0 Å². The van der Waals surface area contributed by atoms with Gasteiger partial charge in [0.2, 0.25) is 0 Å². The molecule has 0 aromatic carbocycles. The standard InChI is InChI=1S/C8H10O3/c9-7-5-10-4-6(7)8-2-1-3-11-8/h1-3,6-7,9H,4-5H2/t6-,7-/m0/s1. The summed E-state index contributed by atoms with van der Waals surface area (Å²) in [7, 11) is 0. The van der Waals surface area contributed by atoms with Crippen LogP contribution in [-0.2, 0) is 4.74 Å². The summed E-state index contributed by atoms with van der Waals surface area (Å²) in [5.74, 6) is 0.847. The maximum atomic E-state index is 9.38. The minimum Gasteiger partial charge on any atom is -0.469 e. The zero-order valence-corrected chi connectivity index (χ0v) is 6.06. The lowest BCUT2D eigenvalue weighted by Gasteiger charge is -2.07. The van der Waals surface area contributed by atoms with E-state index in [-0.39, 0.29) is 5.92 Å². The van der Waals surface area contributed by atoms with Crippen molar-refractivity contribution in [1.82, 2.24) is 0 Å². The SMILES string of the molecule is O[C@H]1COC[C@@H]1c1ccco1. The predicted molar refractivity (Wildman–Crippen MR) is 38.3 cm³/mol. The number of furan rings is 1. The maximum Gasteiger partial charge on any atom is 0.111 e. The monoisotopic (exact) mass is 154 g/mol. The fraction of sp³-hybridized carbons (Fsp3) is 0.500. The predicted octanol–water partition coefficient (Wildman–Crippen LogP) is 0.754. The fourth-order valence-corrected chi connectivity index (χ4v) is 1.32. The van der Waals surface area contributed by atoms with E-state index in [1.807, 2.05) is 12.1 Å². The van der Waals surface area contributed by atoms with Crippen LogP contribution >= 0.6 is 0 Å². The van der Waals surface area contributed by atoms with Gasteiger partial charge < -0.3 is 14.3 Å². The van der Waals surface area contributed by atoms with Crippen LogP contribution in [0.4, 0.5) is 0 Å². The van der Waals surface area contributed by atoms with Crippen molar-refractivity contribution in [3.05, 3.63) is 24.2 Å². The Hall–Kier alpha value is -0.800. The van der Waals surface area contributed by atoms with Gasteiger partial charge in [0.1, 0.15) is 5.76 Å². The van der Waals surface area contributed by atoms with E-state index < -0.39 is 6.10 Å². The number of hydrogen-bond donors (Lipinski definition) is 1. The third-order valence-corrected chi connectivity index (χ3v) is 1.96. The van der Waals surface area contributed by atoms with Crippen molar-refractivity contribution in [2.45, 2.75) is 12.0 Å². The van der Waals surface area contributed by atoms with Gasteiger partial charge in [0, 0.05) is 0 Å². The van der Waals surface area contributed by atoms with Gasteiger partial charge in [-0.15, -0.1) is 0 Å². The molecule has 1 aliphatic rings. The first kappa shape index (κ1) is 6.88. The highest BCUT2D eigenvalue weighted by atomic mass is 16.5. The smallest absolute Gasteiger partial charge is 0.111 e. The molecule has 0 saturated carbocycles. The van der Waals surface area contributed by atoms with E-state index >= 15 is 0 Å². The van der Waals surface area contributed by atoms with E-state index in [1.165, 1.54) is 0 Å². The molecule has 0 aliphatic carbocycles. The molecule has 1 fully saturated rings. The van der Waals surface area contributed by atoms with E-state index in [2.05, 4.69) is 0 Å². The summed E-state index contributed by atoms with van der Waals surface area (Å²) in [6.45, 7) is 0.986. The highest BCUT2D eigenvalue weighted by molar-refractivity contribution is 5.09. The Labute approximate surface area is 64.6 Å². The van der Waals surface area contributed by atoms with Gasteiger partial charge in [-0.25, -0.2) is 0 Å². The minimum absolute atomic E-state index is 0.0324. The first-order chi connectivity index (χ1) is 5.38. The molecule has 1 saturated heterocycles. The summed E-state index contributed by atoms with van der Waals surface area (Å²) in [6, 6.07) is 3.68. The fourth-order valence-electron chi connectivity index (χ4n) is 1.32. The Morgan fingerprint density at radius 3 is 2.91 bits per heavy atom. The molecule has 3 heteroatoms. The van der Waals surface area contributed by atoms with Gasteiger partial charge in [-0.1, -0.05) is 0 Å². The van der Waals surface area contributed by atoms with Crippen molar-refractivity contribution in [1.29, 1.82) is 0 Å². The molecule has 60 valence electrons. The Balaban J connectivity index is 2.16. The van der Waals surface area contributed by atoms with Gasteiger partial charge in [-0.05, 0) is 12.1 Å². The Morgan fingerprint density at radius 2 is 2.36 bits per heavy atom. The first-order valence-corrected chi connectivity index (χ1v) is 3.67. The van der Waals surface area contributed by atoms with Crippen molar-refractivity contribution < 1.29 is 14.3 Å². The average Bonchev–Trinajstić information content (AvgIpc) is 2.55. The molecule has 2 rings (SSSR count). The van der Waals surface area contributed by atoms with Crippen LogP contribution in [0.15, 0.2) is 22.8 Å². The van der Waals surface area contributed by atoms with E-state index in [4.69, 9.17) is 9.15 Å². The molecule has 2 atom stereocenters. The number of hydrogen-bond acceptors (Lipinski definition) is 3. The van der Waals surface area contributed by atoms with Crippen molar-refractivity contribution >= 4 is 0 Å². The summed E-state index contributed by atoms with van der Waals surface area (Å²) < 4.78 is 10.2. The molecular weight excluding hydrogens is 144 g/mol. The highest BCUT2D eigenvalue weighted by Crippen LogP contribution is 2.25. The molecule has 1 aliphatic heterocycles. The molecule has 1 N–H and O–H groups in total. The Bertz CT molecular complexity index is 217. The number of aliphatic hydroxyl groups is 1. The highest BCUT2D eigenvalue weighted by Gasteiger charge is 2.29. The summed E-state index contributed by atoms with van der Waals surface area (Å²) >= 11 is 0. The summed E-state index contributed by atoms with van der Waals surface area (Å²) in [6.07, 6.45) is 1.21. The van der Waals surface area contributed by atoms with Crippen molar-refractivity contribution in [2.75, 3.05) is 13.2 Å². The van der Waals surface area contributed by atoms with Crippen LogP contribution in [-0.4, -0.2) is 24.4 Å². The van der Waals surface area contributed by atoms with Crippen LogP contribution in [0, 0.1) is 0 Å². The van der Waals surface area contributed by atoms with Crippen molar-refractivity contribution in [3.63, 3.8) is 0 Å². The molecule has 3 nitrogen and oxygen atoms in total. The lowest BCUT2D eigenvalue weighted by molar-refractivity contribution is 0.123. The summed E-state index contributed by atoms with van der Waals surface area (Å²) in [5.41, 5.74) is 0. The van der Waals surface area contributed by atoms with Gasteiger partial charge in [0.25, 0.3) is 0 Å². The Kier molecular flexibility index (Phi) is 1.68. The van der Waals surface area contributed by atoms with Crippen LogP contribution in [0.5, 0.6) is 0 Å². The molecule has 11 heavy (non-hydrogen) atoms. The topological polar surface area (TPSA) is 42.6 Å². The third-order valence-electron chi connectivity index (χ3n) is 1.96. The van der Waals surface area contributed by atoms with Crippen LogP contribution in [0.3, 0.4) is 0 Å². The first-order valence-electron chi connectivity index (χ1n) is 3.67. The van der Waals surface area contributed by atoms with Crippen molar-refractivity contribution in [2.24, 2.45) is 0 Å². The number of ether oxygens (including phenoxy) is 1. The van der Waals surface area contributed by atoms with E-state index in [0.29, 0.717) is 13.2 Å². The van der Waals surface area contributed by atoms with Gasteiger partial charge in [0.15, 0.2) is 0 Å². The molecule has 0 unspecified atom stereocenters. The quantitative estimate of drug-likeness (QED) is 0.649. The largest absolute Gasteiger partial charge is 0.469 e. The van der Waals surface area contributed by atoms with Gasteiger partial charge in [-0.3, -0.25) is 0 Å². The second-order valence-corrected chi connectivity index (χ2v) is 2.73. The number of rotatable bonds is 1. The van der Waals surface area contributed by atoms with Crippen LogP contribution in [0.1, 0.15) is 11.7 Å². The third kappa shape index (κ3) is 1.17. The molecule has 1 aromatic heterocycles. The van der Waals surface area contributed by atoms with E-state index in [9.17, 15) is 5.11 Å². The second kappa shape index (κ2) is 2.68. The molecular formula is C8H10O3. The normalized spacial score (nSPS) is 31.0. The molecule has 1 aromatic rings. The molecule has 0 amide bonds. The summed E-state index contributed by atoms with van der Waals surface area (Å²) in [4.78, 5) is 0. The Morgan fingerprint density at radius 1 is 1.45 bits per heavy atom. The number of aliphatic hydroxyl groups excluding tert-OH is 1.